The molecule has 1 aromatic rings. The SMILES string of the molecule is O=C1CC(CS(=O)(=O)Cl)CN1Cc1ccncc1. The van der Waals surface area contributed by atoms with Gasteiger partial charge in [0.1, 0.15) is 0 Å². The van der Waals surface area contributed by atoms with Crippen molar-refractivity contribution in [2.24, 2.45) is 5.92 Å². The van der Waals surface area contributed by atoms with Crippen molar-refractivity contribution in [3.05, 3.63) is 30.1 Å². The fourth-order valence-corrected chi connectivity index (χ4v) is 3.43. The van der Waals surface area contributed by atoms with Crippen molar-refractivity contribution in [1.29, 1.82) is 0 Å². The Bertz CT molecular complexity index is 532. The molecule has 0 spiro atoms. The number of hydrogen-bond acceptors (Lipinski definition) is 4. The lowest BCUT2D eigenvalue weighted by Crippen LogP contribution is -2.25. The molecule has 1 unspecified atom stereocenters. The Balaban J connectivity index is 1.98. The van der Waals surface area contributed by atoms with E-state index in [1.165, 1.54) is 0 Å². The van der Waals surface area contributed by atoms with Gasteiger partial charge >= 0.3 is 0 Å². The maximum absolute atomic E-state index is 11.7. The van der Waals surface area contributed by atoms with Gasteiger partial charge in [0.25, 0.3) is 0 Å². The minimum atomic E-state index is -3.54. The average molecular weight is 289 g/mol. The molecule has 1 saturated heterocycles. The normalized spacial score (nSPS) is 20.4. The standard InChI is InChI=1S/C11H13ClN2O3S/c12-18(16,17)8-10-5-11(15)14(7-10)6-9-1-3-13-4-2-9/h1-4,10H,5-8H2. The number of nitrogens with zero attached hydrogens (tertiary/aromatic N) is 2. The Labute approximate surface area is 110 Å². The van der Waals surface area contributed by atoms with Crippen LogP contribution in [0.5, 0.6) is 0 Å². The molecule has 1 fully saturated rings. The molecule has 7 heteroatoms. The summed E-state index contributed by atoms with van der Waals surface area (Å²) in [6.07, 6.45) is 3.57. The van der Waals surface area contributed by atoms with Crippen molar-refractivity contribution in [3.8, 4) is 0 Å². The van der Waals surface area contributed by atoms with Crippen LogP contribution < -0.4 is 0 Å². The second kappa shape index (κ2) is 5.24. The molecule has 1 amide bonds. The molecule has 0 radical (unpaired) electrons. The molecular weight excluding hydrogens is 276 g/mol. The third-order valence-electron chi connectivity index (χ3n) is 2.85. The van der Waals surface area contributed by atoms with Crippen LogP contribution in [-0.2, 0) is 20.4 Å². The number of aromatic nitrogens is 1. The molecule has 1 aliphatic rings. The Morgan fingerprint density at radius 3 is 2.67 bits per heavy atom. The number of carbonyl (C=O) groups excluding carboxylic acids is 1. The van der Waals surface area contributed by atoms with Crippen molar-refractivity contribution in [1.82, 2.24) is 9.88 Å². The third-order valence-corrected chi connectivity index (χ3v) is 4.10. The Morgan fingerprint density at radius 2 is 2.06 bits per heavy atom. The molecule has 2 heterocycles. The van der Waals surface area contributed by atoms with E-state index < -0.39 is 9.05 Å². The van der Waals surface area contributed by atoms with Crippen LogP contribution in [0.1, 0.15) is 12.0 Å². The maximum atomic E-state index is 11.7. The van der Waals surface area contributed by atoms with Crippen molar-refractivity contribution < 1.29 is 13.2 Å². The minimum Gasteiger partial charge on any atom is -0.338 e. The summed E-state index contributed by atoms with van der Waals surface area (Å²) < 4.78 is 22.0. The molecule has 0 saturated carbocycles. The smallest absolute Gasteiger partial charge is 0.232 e. The van der Waals surface area contributed by atoms with Gasteiger partial charge in [-0.3, -0.25) is 9.78 Å². The minimum absolute atomic E-state index is 0.0304. The summed E-state index contributed by atoms with van der Waals surface area (Å²) in [4.78, 5) is 17.3. The largest absolute Gasteiger partial charge is 0.338 e. The highest BCUT2D eigenvalue weighted by Gasteiger charge is 2.32. The summed E-state index contributed by atoms with van der Waals surface area (Å²) in [7, 11) is 1.66. The first-order valence-electron chi connectivity index (χ1n) is 5.53. The number of pyridine rings is 1. The number of likely N-dealkylation sites (tertiary alicyclic amines) is 1. The lowest BCUT2D eigenvalue weighted by molar-refractivity contribution is -0.128. The van der Waals surface area contributed by atoms with E-state index in [0.29, 0.717) is 13.1 Å². The highest BCUT2D eigenvalue weighted by molar-refractivity contribution is 8.13. The van der Waals surface area contributed by atoms with Gasteiger partial charge in [-0.1, -0.05) is 0 Å². The summed E-state index contributed by atoms with van der Waals surface area (Å²) in [5, 5.41) is 0. The lowest BCUT2D eigenvalue weighted by Gasteiger charge is -2.16. The quantitative estimate of drug-likeness (QED) is 0.775. The summed E-state index contributed by atoms with van der Waals surface area (Å²) in [5.74, 6) is -0.383. The van der Waals surface area contributed by atoms with E-state index in [0.717, 1.165) is 5.56 Å². The molecule has 5 nitrogen and oxygen atoms in total. The van der Waals surface area contributed by atoms with Gasteiger partial charge in [-0.25, -0.2) is 8.42 Å². The van der Waals surface area contributed by atoms with Crippen LogP contribution in [0.3, 0.4) is 0 Å². The van der Waals surface area contributed by atoms with E-state index in [4.69, 9.17) is 10.7 Å². The molecule has 0 bridgehead atoms. The highest BCUT2D eigenvalue weighted by atomic mass is 35.7. The van der Waals surface area contributed by atoms with Crippen LogP contribution in [-0.4, -0.2) is 36.5 Å². The van der Waals surface area contributed by atoms with Crippen LogP contribution in [0.2, 0.25) is 0 Å². The van der Waals surface area contributed by atoms with Gasteiger partial charge in [-0.05, 0) is 17.7 Å². The summed E-state index contributed by atoms with van der Waals surface area (Å²) in [6, 6.07) is 3.66. The number of hydrogen-bond donors (Lipinski definition) is 0. The van der Waals surface area contributed by atoms with Crippen LogP contribution in [0, 0.1) is 5.92 Å². The molecule has 18 heavy (non-hydrogen) atoms. The molecule has 0 aromatic carbocycles. The molecule has 2 rings (SSSR count). The lowest BCUT2D eigenvalue weighted by atomic mass is 10.1. The fraction of sp³-hybridized carbons (Fsp3) is 0.455. The Hall–Kier alpha value is -1.14. The van der Waals surface area contributed by atoms with Crippen LogP contribution in [0.15, 0.2) is 24.5 Å². The zero-order chi connectivity index (χ0) is 13.2. The first kappa shape index (κ1) is 13.3. The first-order chi connectivity index (χ1) is 8.44. The summed E-state index contributed by atoms with van der Waals surface area (Å²) >= 11 is 0. The van der Waals surface area contributed by atoms with Gasteiger partial charge in [0.15, 0.2) is 0 Å². The zero-order valence-corrected chi connectivity index (χ0v) is 11.2. The number of carbonyl (C=O) groups is 1. The Morgan fingerprint density at radius 1 is 1.39 bits per heavy atom. The first-order valence-corrected chi connectivity index (χ1v) is 8.01. The van der Waals surface area contributed by atoms with Gasteiger partial charge in [0.05, 0.1) is 5.75 Å². The third kappa shape index (κ3) is 3.68. The topological polar surface area (TPSA) is 67.3 Å². The van der Waals surface area contributed by atoms with Crippen molar-refractivity contribution in [2.75, 3.05) is 12.3 Å². The second-order valence-electron chi connectivity index (χ2n) is 4.41. The average Bonchev–Trinajstić information content (AvgIpc) is 2.58. The van der Waals surface area contributed by atoms with Crippen LogP contribution >= 0.6 is 10.7 Å². The van der Waals surface area contributed by atoms with E-state index in [1.807, 2.05) is 12.1 Å². The summed E-state index contributed by atoms with van der Waals surface area (Å²) in [6.45, 7) is 0.924. The molecule has 0 aliphatic carbocycles. The number of amides is 1. The molecular formula is C11H13ClN2O3S. The molecule has 1 atom stereocenters. The predicted octanol–water partition coefficient (Wildman–Crippen LogP) is 0.999. The van der Waals surface area contributed by atoms with E-state index in [9.17, 15) is 13.2 Å². The maximum Gasteiger partial charge on any atom is 0.232 e. The fourth-order valence-electron chi connectivity index (χ4n) is 2.11. The van der Waals surface area contributed by atoms with E-state index in [2.05, 4.69) is 4.98 Å². The van der Waals surface area contributed by atoms with Crippen molar-refractivity contribution in [2.45, 2.75) is 13.0 Å². The van der Waals surface area contributed by atoms with Crippen molar-refractivity contribution in [3.63, 3.8) is 0 Å². The van der Waals surface area contributed by atoms with Gasteiger partial charge in [0.2, 0.25) is 15.0 Å². The molecule has 1 aliphatic heterocycles. The van der Waals surface area contributed by atoms with Crippen LogP contribution in [0.25, 0.3) is 0 Å². The molecule has 98 valence electrons. The van der Waals surface area contributed by atoms with Crippen LogP contribution in [0.4, 0.5) is 0 Å². The molecule has 0 N–H and O–H groups in total. The number of rotatable bonds is 4. The Kier molecular flexibility index (Phi) is 3.87. The van der Waals surface area contributed by atoms with Gasteiger partial charge in [-0.15, -0.1) is 0 Å². The van der Waals surface area contributed by atoms with Crippen molar-refractivity contribution >= 4 is 25.6 Å². The van der Waals surface area contributed by atoms with Gasteiger partial charge in [-0.2, -0.15) is 0 Å². The highest BCUT2D eigenvalue weighted by Crippen LogP contribution is 2.22. The van der Waals surface area contributed by atoms with E-state index >= 15 is 0 Å². The van der Waals surface area contributed by atoms with Gasteiger partial charge < -0.3 is 4.90 Å². The monoisotopic (exact) mass is 288 g/mol. The predicted molar refractivity (Wildman–Crippen MR) is 67.4 cm³/mol. The van der Waals surface area contributed by atoms with E-state index in [-0.39, 0.29) is 24.0 Å². The van der Waals surface area contributed by atoms with Gasteiger partial charge in [0, 0.05) is 48.5 Å². The zero-order valence-electron chi connectivity index (χ0n) is 9.62. The summed E-state index contributed by atoms with van der Waals surface area (Å²) in [5.41, 5.74) is 0.979. The number of halogens is 1. The molecule has 1 aromatic heterocycles. The second-order valence-corrected chi connectivity index (χ2v) is 7.23. The van der Waals surface area contributed by atoms with E-state index in [1.54, 1.807) is 17.3 Å².